The van der Waals surface area contributed by atoms with Crippen molar-refractivity contribution in [1.29, 1.82) is 0 Å². The lowest BCUT2D eigenvalue weighted by Gasteiger charge is -2.19. The molecule has 0 aliphatic rings. The largest absolute Gasteiger partial charge is 0.118 e. The number of hydrogen-bond donors (Lipinski definition) is 0. The molecular weight excluding hydrogens is 332 g/mol. The zero-order valence-corrected chi connectivity index (χ0v) is 17.0. The number of rotatable bonds is 6. The predicted molar refractivity (Wildman–Crippen MR) is 116 cm³/mol. The molecule has 0 spiro atoms. The van der Waals surface area contributed by atoms with Crippen molar-refractivity contribution in [3.63, 3.8) is 0 Å². The molecule has 26 heavy (non-hydrogen) atoms. The first-order valence-corrected chi connectivity index (χ1v) is 10.3. The molecule has 0 aliphatic carbocycles. The second-order valence-electron chi connectivity index (χ2n) is 7.47. The van der Waals surface area contributed by atoms with Crippen LogP contribution >= 0.6 is 11.8 Å². The third kappa shape index (κ3) is 4.80. The predicted octanol–water partition coefficient (Wildman–Crippen LogP) is 7.85. The third-order valence-corrected chi connectivity index (χ3v) is 6.12. The van der Waals surface area contributed by atoms with Gasteiger partial charge in [0.05, 0.1) is 0 Å². The fraction of sp³-hybridized carbons (Fsp3) is 0.280. The van der Waals surface area contributed by atoms with Gasteiger partial charge >= 0.3 is 0 Å². The molecule has 0 fully saturated rings. The molecular formula is C25H28S. The molecule has 3 aromatic carbocycles. The van der Waals surface area contributed by atoms with E-state index in [9.17, 15) is 0 Å². The molecule has 0 nitrogen and oxygen atoms in total. The highest BCUT2D eigenvalue weighted by molar-refractivity contribution is 7.99. The molecule has 1 unspecified atom stereocenters. The van der Waals surface area contributed by atoms with Crippen molar-refractivity contribution in [3.8, 4) is 11.1 Å². The molecule has 1 atom stereocenters. The zero-order valence-electron chi connectivity index (χ0n) is 16.2. The lowest BCUT2D eigenvalue weighted by atomic mass is 10.0. The third-order valence-electron chi connectivity index (χ3n) is 4.83. The van der Waals surface area contributed by atoms with E-state index in [-0.39, 0.29) is 0 Å². The molecule has 0 radical (unpaired) electrons. The van der Waals surface area contributed by atoms with Gasteiger partial charge in [0, 0.05) is 10.1 Å². The Morgan fingerprint density at radius 1 is 0.731 bits per heavy atom. The van der Waals surface area contributed by atoms with E-state index in [1.54, 1.807) is 0 Å². The van der Waals surface area contributed by atoms with Crippen LogP contribution in [0.1, 0.15) is 42.2 Å². The summed E-state index contributed by atoms with van der Waals surface area (Å²) in [5, 5.41) is 0.503. The molecule has 0 bridgehead atoms. The van der Waals surface area contributed by atoms with Gasteiger partial charge in [0.25, 0.3) is 0 Å². The molecule has 0 amide bonds. The summed E-state index contributed by atoms with van der Waals surface area (Å²) in [4.78, 5) is 1.34. The van der Waals surface area contributed by atoms with Crippen LogP contribution in [0, 0.1) is 19.8 Å². The molecule has 0 heterocycles. The summed E-state index contributed by atoms with van der Waals surface area (Å²) >= 11 is 1.98. The number of thioether (sulfide) groups is 1. The van der Waals surface area contributed by atoms with Crippen molar-refractivity contribution in [2.24, 2.45) is 5.92 Å². The number of hydrogen-bond acceptors (Lipinski definition) is 1. The number of benzene rings is 3. The summed E-state index contributed by atoms with van der Waals surface area (Å²) in [5.74, 6) is 0.683. The highest BCUT2D eigenvalue weighted by atomic mass is 32.2. The summed E-state index contributed by atoms with van der Waals surface area (Å²) < 4.78 is 0. The fourth-order valence-electron chi connectivity index (χ4n) is 3.16. The van der Waals surface area contributed by atoms with Crippen LogP contribution in [0.15, 0.2) is 77.7 Å². The lowest BCUT2D eigenvalue weighted by molar-refractivity contribution is 0.579. The fourth-order valence-corrected chi connectivity index (χ4v) is 4.56. The van der Waals surface area contributed by atoms with Crippen LogP contribution in [0.4, 0.5) is 0 Å². The van der Waals surface area contributed by atoms with Crippen molar-refractivity contribution in [2.45, 2.75) is 44.3 Å². The molecule has 3 rings (SSSR count). The second kappa shape index (κ2) is 8.60. The molecule has 0 saturated carbocycles. The summed E-state index contributed by atoms with van der Waals surface area (Å²) in [6.45, 7) is 8.95. The van der Waals surface area contributed by atoms with Crippen LogP contribution in [-0.4, -0.2) is 0 Å². The average Bonchev–Trinajstić information content (AvgIpc) is 2.64. The Morgan fingerprint density at radius 3 is 2.00 bits per heavy atom. The summed E-state index contributed by atoms with van der Waals surface area (Å²) in [6.07, 6.45) is 1.19. The first-order valence-electron chi connectivity index (χ1n) is 9.42. The molecule has 0 saturated heterocycles. The lowest BCUT2D eigenvalue weighted by Crippen LogP contribution is -1.99. The van der Waals surface area contributed by atoms with Gasteiger partial charge in [0.1, 0.15) is 0 Å². The molecule has 1 heteroatoms. The first-order chi connectivity index (χ1) is 12.5. The van der Waals surface area contributed by atoms with E-state index in [2.05, 4.69) is 100 Å². The van der Waals surface area contributed by atoms with Crippen LogP contribution < -0.4 is 0 Å². The maximum absolute atomic E-state index is 2.30. The maximum Gasteiger partial charge on any atom is 0.0346 e. The highest BCUT2D eigenvalue weighted by Crippen LogP contribution is 2.40. The van der Waals surface area contributed by atoms with E-state index in [0.29, 0.717) is 11.2 Å². The SMILES string of the molecule is Cc1ccc(-c2ccc(SC(CC(C)C)c3ccccc3)cc2)cc1C. The van der Waals surface area contributed by atoms with E-state index in [1.165, 1.54) is 39.1 Å². The summed E-state index contributed by atoms with van der Waals surface area (Å²) in [6, 6.07) is 26.6. The smallest absolute Gasteiger partial charge is 0.0346 e. The van der Waals surface area contributed by atoms with Crippen LogP contribution in [0.25, 0.3) is 11.1 Å². The van der Waals surface area contributed by atoms with Gasteiger partial charge in [0.2, 0.25) is 0 Å². The topological polar surface area (TPSA) is 0 Å². The van der Waals surface area contributed by atoms with Gasteiger partial charge in [-0.3, -0.25) is 0 Å². The average molecular weight is 361 g/mol. The molecule has 0 aliphatic heterocycles. The van der Waals surface area contributed by atoms with Gasteiger partial charge in [0.15, 0.2) is 0 Å². The van der Waals surface area contributed by atoms with Gasteiger partial charge in [-0.15, -0.1) is 11.8 Å². The summed E-state index contributed by atoms with van der Waals surface area (Å²) in [5.41, 5.74) is 6.70. The molecule has 0 aromatic heterocycles. The minimum absolute atomic E-state index is 0.503. The Hall–Kier alpha value is -1.99. The Bertz CT molecular complexity index is 832. The number of aryl methyl sites for hydroxylation is 2. The molecule has 134 valence electrons. The first kappa shape index (κ1) is 18.8. The van der Waals surface area contributed by atoms with Crippen LogP contribution in [-0.2, 0) is 0 Å². The van der Waals surface area contributed by atoms with Crippen molar-refractivity contribution < 1.29 is 0 Å². The maximum atomic E-state index is 2.30. The van der Waals surface area contributed by atoms with Crippen LogP contribution in [0.2, 0.25) is 0 Å². The van der Waals surface area contributed by atoms with Gasteiger partial charge < -0.3 is 0 Å². The zero-order chi connectivity index (χ0) is 18.5. The van der Waals surface area contributed by atoms with Gasteiger partial charge in [-0.2, -0.15) is 0 Å². The van der Waals surface area contributed by atoms with Crippen LogP contribution in [0.5, 0.6) is 0 Å². The second-order valence-corrected chi connectivity index (χ2v) is 8.75. The quantitative estimate of drug-likeness (QED) is 0.403. The van der Waals surface area contributed by atoms with Crippen LogP contribution in [0.3, 0.4) is 0 Å². The Balaban J connectivity index is 1.79. The van der Waals surface area contributed by atoms with Gasteiger partial charge in [-0.05, 0) is 66.1 Å². The monoisotopic (exact) mass is 360 g/mol. The standard InChI is InChI=1S/C25H28S/c1-18(2)16-25(22-8-6-5-7-9-22)26-24-14-12-21(13-15-24)23-11-10-19(3)20(4)17-23/h5-15,17-18,25H,16H2,1-4H3. The van der Waals surface area contributed by atoms with Gasteiger partial charge in [-0.1, -0.05) is 74.5 Å². The van der Waals surface area contributed by atoms with Crippen molar-refractivity contribution in [1.82, 2.24) is 0 Å². The Labute approximate surface area is 162 Å². The van der Waals surface area contributed by atoms with E-state index in [4.69, 9.17) is 0 Å². The molecule has 3 aromatic rings. The highest BCUT2D eigenvalue weighted by Gasteiger charge is 2.15. The normalized spacial score (nSPS) is 12.3. The Kier molecular flexibility index (Phi) is 6.21. The van der Waals surface area contributed by atoms with E-state index < -0.39 is 0 Å². The minimum Gasteiger partial charge on any atom is -0.118 e. The van der Waals surface area contributed by atoms with Crippen molar-refractivity contribution in [3.05, 3.63) is 89.5 Å². The van der Waals surface area contributed by atoms with E-state index >= 15 is 0 Å². The van der Waals surface area contributed by atoms with E-state index in [0.717, 1.165) is 0 Å². The van der Waals surface area contributed by atoms with Gasteiger partial charge in [-0.25, -0.2) is 0 Å². The minimum atomic E-state index is 0.503. The Morgan fingerprint density at radius 2 is 1.38 bits per heavy atom. The van der Waals surface area contributed by atoms with Crippen molar-refractivity contribution >= 4 is 11.8 Å². The summed E-state index contributed by atoms with van der Waals surface area (Å²) in [7, 11) is 0. The van der Waals surface area contributed by atoms with E-state index in [1.807, 2.05) is 11.8 Å². The molecule has 0 N–H and O–H groups in total. The van der Waals surface area contributed by atoms with Crippen molar-refractivity contribution in [2.75, 3.05) is 0 Å².